The molecule has 1 aromatic carbocycles. The van der Waals surface area contributed by atoms with Crippen LogP contribution in [0.2, 0.25) is 0 Å². The predicted octanol–water partition coefficient (Wildman–Crippen LogP) is 0.730. The molecule has 0 aliphatic rings. The first-order chi connectivity index (χ1) is 8.68. The zero-order valence-electron chi connectivity index (χ0n) is 9.82. The summed E-state index contributed by atoms with van der Waals surface area (Å²) in [6.45, 7) is 0. The Morgan fingerprint density at radius 2 is 1.79 bits per heavy atom. The van der Waals surface area contributed by atoms with Crippen LogP contribution in [0, 0.1) is 0 Å². The van der Waals surface area contributed by atoms with Crippen LogP contribution in [0.4, 0.5) is 0 Å². The zero-order chi connectivity index (χ0) is 14.6. The van der Waals surface area contributed by atoms with E-state index in [4.69, 9.17) is 9.66 Å². The van der Waals surface area contributed by atoms with Crippen LogP contribution in [0.1, 0.15) is 10.4 Å². The molecule has 2 aromatic rings. The average Bonchev–Trinajstić information content (AvgIpc) is 2.25. The molecular weight excluding hydrogens is 274 g/mol. The number of para-hydroxylation sites is 1. The standard InChI is InChI=1S/C10H7NO3.CH4O3S/c12-9-7(10(13)14)5-6-3-1-2-4-8(6)11-9;1-5(2,3)4/h1-5H,(H,11,12)(H,13,14);1H3,(H,2,3,4). The Morgan fingerprint density at radius 1 is 1.26 bits per heavy atom. The second-order valence-corrected chi connectivity index (χ2v) is 5.10. The third kappa shape index (κ3) is 4.90. The number of hydrogen-bond donors (Lipinski definition) is 3. The smallest absolute Gasteiger partial charge is 0.341 e. The van der Waals surface area contributed by atoms with E-state index in [0.29, 0.717) is 17.2 Å². The maximum Gasteiger partial charge on any atom is 0.341 e. The highest BCUT2D eigenvalue weighted by Crippen LogP contribution is 2.09. The summed E-state index contributed by atoms with van der Waals surface area (Å²) in [5.41, 5.74) is -0.164. The van der Waals surface area contributed by atoms with E-state index < -0.39 is 21.6 Å². The van der Waals surface area contributed by atoms with Crippen LogP contribution in [-0.2, 0) is 10.1 Å². The van der Waals surface area contributed by atoms with Crippen molar-refractivity contribution in [2.75, 3.05) is 6.26 Å². The maximum absolute atomic E-state index is 11.2. The second-order valence-electron chi connectivity index (χ2n) is 3.64. The Kier molecular flexibility index (Phi) is 4.41. The summed E-state index contributed by atoms with van der Waals surface area (Å²) in [5.74, 6) is -1.21. The van der Waals surface area contributed by atoms with Gasteiger partial charge in [0, 0.05) is 5.52 Å². The van der Waals surface area contributed by atoms with Crippen LogP contribution in [0.5, 0.6) is 0 Å². The molecule has 0 bridgehead atoms. The molecule has 19 heavy (non-hydrogen) atoms. The minimum Gasteiger partial charge on any atom is -0.477 e. The highest BCUT2D eigenvalue weighted by molar-refractivity contribution is 7.85. The molecule has 8 heteroatoms. The van der Waals surface area contributed by atoms with Crippen LogP contribution in [0.3, 0.4) is 0 Å². The molecule has 1 aromatic heterocycles. The monoisotopic (exact) mass is 285 g/mol. The van der Waals surface area contributed by atoms with Gasteiger partial charge in [-0.25, -0.2) is 4.79 Å². The van der Waals surface area contributed by atoms with Crippen molar-refractivity contribution in [2.45, 2.75) is 0 Å². The number of fused-ring (bicyclic) bond motifs is 1. The number of H-pyrrole nitrogens is 1. The predicted molar refractivity (Wildman–Crippen MR) is 69.0 cm³/mol. The first-order valence-corrected chi connectivity index (χ1v) is 6.81. The van der Waals surface area contributed by atoms with Crippen molar-refractivity contribution >= 4 is 27.0 Å². The summed E-state index contributed by atoms with van der Waals surface area (Å²) in [7, 11) is -3.67. The molecule has 0 aliphatic heterocycles. The first kappa shape index (κ1) is 14.9. The third-order valence-electron chi connectivity index (χ3n) is 1.98. The fourth-order valence-corrected chi connectivity index (χ4v) is 1.31. The number of aromatic nitrogens is 1. The minimum absolute atomic E-state index is 0.233. The number of aromatic carboxylic acids is 1. The zero-order valence-corrected chi connectivity index (χ0v) is 10.6. The van der Waals surface area contributed by atoms with Gasteiger partial charge in [-0.1, -0.05) is 18.2 Å². The van der Waals surface area contributed by atoms with Gasteiger partial charge in [-0.05, 0) is 17.5 Å². The lowest BCUT2D eigenvalue weighted by Gasteiger charge is -1.98. The second kappa shape index (κ2) is 5.63. The van der Waals surface area contributed by atoms with Crippen molar-refractivity contribution in [3.8, 4) is 0 Å². The van der Waals surface area contributed by atoms with Crippen molar-refractivity contribution in [1.82, 2.24) is 4.98 Å². The number of aromatic amines is 1. The topological polar surface area (TPSA) is 125 Å². The molecule has 0 fully saturated rings. The number of carboxylic acid groups (broad SMARTS) is 1. The number of hydrogen-bond acceptors (Lipinski definition) is 4. The van der Waals surface area contributed by atoms with E-state index in [-0.39, 0.29) is 5.56 Å². The number of carbonyl (C=O) groups is 1. The molecule has 0 saturated heterocycles. The summed E-state index contributed by atoms with van der Waals surface area (Å²) in [5, 5.41) is 9.42. The molecule has 0 aliphatic carbocycles. The van der Waals surface area contributed by atoms with Crippen LogP contribution in [0.15, 0.2) is 35.1 Å². The van der Waals surface area contributed by atoms with Crippen LogP contribution in [0.25, 0.3) is 10.9 Å². The first-order valence-electron chi connectivity index (χ1n) is 4.96. The van der Waals surface area contributed by atoms with E-state index in [9.17, 15) is 18.0 Å². The summed E-state index contributed by atoms with van der Waals surface area (Å²) in [6.07, 6.45) is 0.715. The summed E-state index contributed by atoms with van der Waals surface area (Å²) in [4.78, 5) is 24.4. The fraction of sp³-hybridized carbons (Fsp3) is 0.0909. The molecule has 0 atom stereocenters. The minimum atomic E-state index is -3.67. The van der Waals surface area contributed by atoms with Crippen molar-refractivity contribution < 1.29 is 22.9 Å². The Labute approximate surface area is 108 Å². The molecular formula is C11H11NO6S. The van der Waals surface area contributed by atoms with Gasteiger partial charge in [0.15, 0.2) is 0 Å². The van der Waals surface area contributed by atoms with E-state index >= 15 is 0 Å². The van der Waals surface area contributed by atoms with Gasteiger partial charge >= 0.3 is 5.97 Å². The van der Waals surface area contributed by atoms with E-state index in [1.807, 2.05) is 0 Å². The summed E-state index contributed by atoms with van der Waals surface area (Å²) >= 11 is 0. The molecule has 7 nitrogen and oxygen atoms in total. The normalized spacial score (nSPS) is 10.6. The Balaban J connectivity index is 0.000000312. The highest BCUT2D eigenvalue weighted by Gasteiger charge is 2.08. The lowest BCUT2D eigenvalue weighted by Crippen LogP contribution is -2.16. The molecule has 0 radical (unpaired) electrons. The summed E-state index contributed by atoms with van der Waals surface area (Å²) in [6, 6.07) is 8.40. The van der Waals surface area contributed by atoms with Crippen LogP contribution >= 0.6 is 0 Å². The van der Waals surface area contributed by atoms with Crippen molar-refractivity contribution in [3.05, 3.63) is 46.2 Å². The van der Waals surface area contributed by atoms with Crippen LogP contribution < -0.4 is 5.56 Å². The van der Waals surface area contributed by atoms with E-state index in [2.05, 4.69) is 4.98 Å². The van der Waals surface area contributed by atoms with E-state index in [0.717, 1.165) is 0 Å². The quantitative estimate of drug-likeness (QED) is 0.663. The van der Waals surface area contributed by atoms with Crippen molar-refractivity contribution in [3.63, 3.8) is 0 Å². The number of pyridine rings is 1. The van der Waals surface area contributed by atoms with Gasteiger partial charge in [-0.3, -0.25) is 9.35 Å². The van der Waals surface area contributed by atoms with E-state index in [1.165, 1.54) is 6.07 Å². The van der Waals surface area contributed by atoms with Gasteiger partial charge in [0.25, 0.3) is 15.7 Å². The molecule has 1 heterocycles. The van der Waals surface area contributed by atoms with Crippen molar-refractivity contribution in [1.29, 1.82) is 0 Å². The SMILES string of the molecule is CS(=O)(=O)O.O=C(O)c1cc2ccccc2[nH]c1=O. The third-order valence-corrected chi connectivity index (χ3v) is 1.98. The van der Waals surface area contributed by atoms with Gasteiger partial charge in [0.2, 0.25) is 0 Å². The number of benzene rings is 1. The number of rotatable bonds is 1. The van der Waals surface area contributed by atoms with Gasteiger partial charge in [0.1, 0.15) is 5.56 Å². The maximum atomic E-state index is 11.2. The fourth-order valence-electron chi connectivity index (χ4n) is 1.31. The largest absolute Gasteiger partial charge is 0.477 e. The summed E-state index contributed by atoms with van der Waals surface area (Å²) < 4.78 is 25.9. The highest BCUT2D eigenvalue weighted by atomic mass is 32.2. The molecule has 0 amide bonds. The Morgan fingerprint density at radius 3 is 2.32 bits per heavy atom. The lowest BCUT2D eigenvalue weighted by molar-refractivity contribution is 0.0695. The molecule has 0 unspecified atom stereocenters. The molecule has 0 saturated carbocycles. The van der Waals surface area contributed by atoms with Gasteiger partial charge < -0.3 is 10.1 Å². The molecule has 3 N–H and O–H groups in total. The number of nitrogens with one attached hydrogen (secondary N) is 1. The molecule has 0 spiro atoms. The Bertz CT molecular complexity index is 754. The number of carboxylic acids is 1. The Hall–Kier alpha value is -2.19. The molecule has 2 rings (SSSR count). The van der Waals surface area contributed by atoms with Gasteiger partial charge in [-0.15, -0.1) is 0 Å². The lowest BCUT2D eigenvalue weighted by atomic mass is 10.1. The van der Waals surface area contributed by atoms with Gasteiger partial charge in [-0.2, -0.15) is 8.42 Å². The van der Waals surface area contributed by atoms with Crippen LogP contribution in [-0.4, -0.2) is 35.3 Å². The van der Waals surface area contributed by atoms with Gasteiger partial charge in [0.05, 0.1) is 6.26 Å². The van der Waals surface area contributed by atoms with E-state index in [1.54, 1.807) is 24.3 Å². The average molecular weight is 285 g/mol. The molecule has 102 valence electrons. The van der Waals surface area contributed by atoms with Crippen molar-refractivity contribution in [2.24, 2.45) is 0 Å².